The zero-order valence-corrected chi connectivity index (χ0v) is 8.20. The standard InChI is InChI=1S/C9H9N3OS/c10-8-5-12(2-1-9(8)13)4-7-3-11-6-14-7/h1-3,5-6H,4,10H2. The molecule has 0 atom stereocenters. The summed E-state index contributed by atoms with van der Waals surface area (Å²) in [5, 5.41) is 0. The van der Waals surface area contributed by atoms with Crippen molar-refractivity contribution in [2.75, 3.05) is 5.73 Å². The number of hydrogen-bond donors (Lipinski definition) is 1. The van der Waals surface area contributed by atoms with Crippen molar-refractivity contribution in [2.24, 2.45) is 0 Å². The smallest absolute Gasteiger partial charge is 0.204 e. The Morgan fingerprint density at radius 2 is 2.43 bits per heavy atom. The molecule has 5 heteroatoms. The van der Waals surface area contributed by atoms with Gasteiger partial charge in [0.15, 0.2) is 0 Å². The van der Waals surface area contributed by atoms with Crippen LogP contribution in [0.4, 0.5) is 5.69 Å². The number of nitrogen functional groups attached to an aromatic ring is 1. The zero-order valence-electron chi connectivity index (χ0n) is 7.38. The van der Waals surface area contributed by atoms with E-state index < -0.39 is 0 Å². The van der Waals surface area contributed by atoms with Crippen LogP contribution in [0.15, 0.2) is 35.0 Å². The van der Waals surface area contributed by atoms with Crippen LogP contribution in [0.25, 0.3) is 0 Å². The first-order chi connectivity index (χ1) is 6.75. The molecule has 0 amide bonds. The number of nitrogens with two attached hydrogens (primary N) is 1. The Morgan fingerprint density at radius 1 is 1.57 bits per heavy atom. The number of rotatable bonds is 2. The maximum atomic E-state index is 11.0. The second-order valence-electron chi connectivity index (χ2n) is 2.90. The van der Waals surface area contributed by atoms with E-state index in [1.165, 1.54) is 6.07 Å². The Bertz CT molecular complexity index is 475. The summed E-state index contributed by atoms with van der Waals surface area (Å²) in [4.78, 5) is 16.1. The Labute approximate surface area is 84.6 Å². The number of nitrogens with zero attached hydrogens (tertiary/aromatic N) is 2. The molecule has 0 aliphatic rings. The molecule has 0 radical (unpaired) electrons. The minimum atomic E-state index is -0.134. The number of pyridine rings is 1. The van der Waals surface area contributed by atoms with E-state index in [-0.39, 0.29) is 11.1 Å². The van der Waals surface area contributed by atoms with Crippen LogP contribution in [0.3, 0.4) is 0 Å². The predicted octanol–water partition coefficient (Wildman–Crippen LogP) is 0.935. The molecular weight excluding hydrogens is 198 g/mol. The quantitative estimate of drug-likeness (QED) is 0.797. The van der Waals surface area contributed by atoms with Crippen molar-refractivity contribution in [2.45, 2.75) is 6.54 Å². The Kier molecular flexibility index (Phi) is 2.32. The summed E-state index contributed by atoms with van der Waals surface area (Å²) in [7, 11) is 0. The summed E-state index contributed by atoms with van der Waals surface area (Å²) in [6, 6.07) is 1.47. The van der Waals surface area contributed by atoms with E-state index >= 15 is 0 Å². The first-order valence-corrected chi connectivity index (χ1v) is 4.96. The lowest BCUT2D eigenvalue weighted by molar-refractivity contribution is 0.801. The number of anilines is 1. The molecule has 0 bridgehead atoms. The fraction of sp³-hybridized carbons (Fsp3) is 0.111. The molecule has 0 spiro atoms. The van der Waals surface area contributed by atoms with Gasteiger partial charge in [-0.25, -0.2) is 0 Å². The Balaban J connectivity index is 2.26. The van der Waals surface area contributed by atoms with Gasteiger partial charge in [0.1, 0.15) is 0 Å². The lowest BCUT2D eigenvalue weighted by atomic mass is 10.4. The minimum Gasteiger partial charge on any atom is -0.394 e. The monoisotopic (exact) mass is 207 g/mol. The fourth-order valence-corrected chi connectivity index (χ4v) is 1.75. The van der Waals surface area contributed by atoms with E-state index in [9.17, 15) is 4.79 Å². The molecule has 4 nitrogen and oxygen atoms in total. The lowest BCUT2D eigenvalue weighted by Gasteiger charge is -2.03. The number of aromatic nitrogens is 2. The summed E-state index contributed by atoms with van der Waals surface area (Å²) in [6.07, 6.45) is 5.17. The average molecular weight is 207 g/mol. The summed E-state index contributed by atoms with van der Waals surface area (Å²) in [5.74, 6) is 0. The van der Waals surface area contributed by atoms with Crippen LogP contribution >= 0.6 is 11.3 Å². The molecule has 72 valence electrons. The molecule has 0 aliphatic carbocycles. The van der Waals surface area contributed by atoms with Gasteiger partial charge in [0.05, 0.1) is 17.7 Å². The van der Waals surface area contributed by atoms with Crippen molar-refractivity contribution in [3.63, 3.8) is 0 Å². The van der Waals surface area contributed by atoms with Crippen LogP contribution < -0.4 is 11.2 Å². The van der Waals surface area contributed by atoms with E-state index in [1.807, 2.05) is 4.57 Å². The highest BCUT2D eigenvalue weighted by Crippen LogP contribution is 2.07. The molecular formula is C9H9N3OS. The van der Waals surface area contributed by atoms with E-state index in [4.69, 9.17) is 5.73 Å². The average Bonchev–Trinajstić information content (AvgIpc) is 2.64. The van der Waals surface area contributed by atoms with E-state index in [0.717, 1.165) is 4.88 Å². The highest BCUT2D eigenvalue weighted by atomic mass is 32.1. The molecule has 0 unspecified atom stereocenters. The van der Waals surface area contributed by atoms with Gasteiger partial charge < -0.3 is 10.3 Å². The highest BCUT2D eigenvalue weighted by Gasteiger charge is 1.97. The SMILES string of the molecule is Nc1cn(Cc2cncs2)ccc1=O. The first-order valence-electron chi connectivity index (χ1n) is 4.08. The molecule has 2 heterocycles. The minimum absolute atomic E-state index is 0.134. The summed E-state index contributed by atoms with van der Waals surface area (Å²) in [5.41, 5.74) is 7.42. The molecule has 0 saturated carbocycles. The lowest BCUT2D eigenvalue weighted by Crippen LogP contribution is -2.10. The van der Waals surface area contributed by atoms with E-state index in [2.05, 4.69) is 4.98 Å². The first kappa shape index (κ1) is 8.96. The number of hydrogen-bond acceptors (Lipinski definition) is 4. The largest absolute Gasteiger partial charge is 0.394 e. The van der Waals surface area contributed by atoms with Crippen LogP contribution in [0.2, 0.25) is 0 Å². The second kappa shape index (κ2) is 3.63. The third-order valence-corrected chi connectivity index (χ3v) is 2.59. The summed E-state index contributed by atoms with van der Waals surface area (Å²) in [6.45, 7) is 0.704. The maximum Gasteiger partial charge on any atom is 0.204 e. The van der Waals surface area contributed by atoms with Crippen molar-refractivity contribution < 1.29 is 0 Å². The van der Waals surface area contributed by atoms with Gasteiger partial charge in [-0.05, 0) is 0 Å². The second-order valence-corrected chi connectivity index (χ2v) is 3.88. The molecule has 2 N–H and O–H groups in total. The van der Waals surface area contributed by atoms with Crippen molar-refractivity contribution in [1.29, 1.82) is 0 Å². The van der Waals surface area contributed by atoms with Crippen molar-refractivity contribution in [1.82, 2.24) is 9.55 Å². The van der Waals surface area contributed by atoms with Crippen LogP contribution in [-0.2, 0) is 6.54 Å². The molecule has 0 fully saturated rings. The molecule has 2 rings (SSSR count). The van der Waals surface area contributed by atoms with Crippen molar-refractivity contribution >= 4 is 17.0 Å². The maximum absolute atomic E-state index is 11.0. The molecule has 14 heavy (non-hydrogen) atoms. The molecule has 2 aromatic heterocycles. The van der Waals surface area contributed by atoms with Crippen molar-refractivity contribution in [3.05, 3.63) is 45.3 Å². The normalized spacial score (nSPS) is 10.3. The third-order valence-electron chi connectivity index (χ3n) is 1.83. The van der Waals surface area contributed by atoms with Gasteiger partial charge in [0, 0.05) is 29.5 Å². The van der Waals surface area contributed by atoms with Gasteiger partial charge >= 0.3 is 0 Å². The number of thiazole rings is 1. The van der Waals surface area contributed by atoms with Crippen LogP contribution in [-0.4, -0.2) is 9.55 Å². The molecule has 0 aromatic carbocycles. The Morgan fingerprint density at radius 3 is 3.07 bits per heavy atom. The van der Waals surface area contributed by atoms with Crippen molar-refractivity contribution in [3.8, 4) is 0 Å². The van der Waals surface area contributed by atoms with Gasteiger partial charge in [-0.2, -0.15) is 0 Å². The molecule has 0 saturated heterocycles. The van der Waals surface area contributed by atoms with Gasteiger partial charge in [-0.15, -0.1) is 11.3 Å². The van der Waals surface area contributed by atoms with Crippen LogP contribution in [0.1, 0.15) is 4.88 Å². The molecule has 0 aliphatic heterocycles. The van der Waals surface area contributed by atoms with Gasteiger partial charge in [0.2, 0.25) is 5.43 Å². The summed E-state index contributed by atoms with van der Waals surface area (Å²) < 4.78 is 1.87. The topological polar surface area (TPSA) is 60.9 Å². The summed E-state index contributed by atoms with van der Waals surface area (Å²) >= 11 is 1.58. The fourth-order valence-electron chi connectivity index (χ4n) is 1.14. The molecule has 2 aromatic rings. The van der Waals surface area contributed by atoms with E-state index in [0.29, 0.717) is 6.54 Å². The van der Waals surface area contributed by atoms with Crippen LogP contribution in [0, 0.1) is 0 Å². The third kappa shape index (κ3) is 1.82. The predicted molar refractivity (Wildman–Crippen MR) is 56.3 cm³/mol. The zero-order chi connectivity index (χ0) is 9.97. The highest BCUT2D eigenvalue weighted by molar-refractivity contribution is 7.09. The van der Waals surface area contributed by atoms with Gasteiger partial charge in [0.25, 0.3) is 0 Å². The van der Waals surface area contributed by atoms with Gasteiger partial charge in [-0.3, -0.25) is 9.78 Å². The van der Waals surface area contributed by atoms with Crippen LogP contribution in [0.5, 0.6) is 0 Å². The Hall–Kier alpha value is -1.62. The van der Waals surface area contributed by atoms with Gasteiger partial charge in [-0.1, -0.05) is 0 Å². The van der Waals surface area contributed by atoms with E-state index in [1.54, 1.807) is 35.4 Å².